The van der Waals surface area contributed by atoms with Crippen LogP contribution in [0.1, 0.15) is 25.2 Å². The van der Waals surface area contributed by atoms with Crippen LogP contribution in [0.3, 0.4) is 0 Å². The average Bonchev–Trinajstić information content (AvgIpc) is 2.89. The Kier molecular flexibility index (Phi) is 4.09. The van der Waals surface area contributed by atoms with E-state index < -0.39 is 0 Å². The highest BCUT2D eigenvalue weighted by Gasteiger charge is 2.03. The number of hydrogen-bond donors (Lipinski definition) is 1. The molecule has 0 saturated heterocycles. The fourth-order valence-electron chi connectivity index (χ4n) is 1.70. The maximum atomic E-state index is 4.42. The van der Waals surface area contributed by atoms with Crippen LogP contribution in [0, 0.1) is 5.92 Å². The second-order valence-electron chi connectivity index (χ2n) is 4.91. The van der Waals surface area contributed by atoms with Crippen molar-refractivity contribution in [1.29, 1.82) is 0 Å². The molecule has 0 bridgehead atoms. The fraction of sp³-hybridized carbons (Fsp3) is 0.583. The molecule has 0 aliphatic carbocycles. The number of aryl methyl sites for hydroxylation is 1. The van der Waals surface area contributed by atoms with E-state index in [1.807, 2.05) is 24.1 Å². The van der Waals surface area contributed by atoms with E-state index in [1.54, 1.807) is 11.0 Å². The number of hydrogen-bond acceptors (Lipinski definition) is 4. The Morgan fingerprint density at radius 1 is 1.39 bits per heavy atom. The molecule has 0 saturated carbocycles. The van der Waals surface area contributed by atoms with Crippen LogP contribution in [0.4, 0.5) is 0 Å². The molecule has 6 nitrogen and oxygen atoms in total. The molecule has 0 aliphatic rings. The quantitative estimate of drug-likeness (QED) is 0.821. The molecular weight excluding hydrogens is 228 g/mol. The molecular formula is C12H20N6. The summed E-state index contributed by atoms with van der Waals surface area (Å²) >= 11 is 0. The molecule has 1 N–H and O–H groups in total. The zero-order valence-corrected chi connectivity index (χ0v) is 11.2. The van der Waals surface area contributed by atoms with Gasteiger partial charge in [-0.3, -0.25) is 4.68 Å². The first-order valence-corrected chi connectivity index (χ1v) is 6.20. The summed E-state index contributed by atoms with van der Waals surface area (Å²) < 4.78 is 3.63. The van der Waals surface area contributed by atoms with Crippen molar-refractivity contribution in [2.75, 3.05) is 6.54 Å². The number of nitrogens with one attached hydrogen (secondary N) is 1. The molecule has 98 valence electrons. The minimum Gasteiger partial charge on any atom is -0.310 e. The van der Waals surface area contributed by atoms with Crippen molar-refractivity contribution in [2.45, 2.75) is 26.9 Å². The van der Waals surface area contributed by atoms with Crippen LogP contribution in [0.5, 0.6) is 0 Å². The third-order valence-electron chi connectivity index (χ3n) is 2.52. The standard InChI is InChI=1S/C12H20N6/c1-10(2)4-13-6-12-14-9-18(16-12)8-11-5-15-17(3)7-11/h5,7,9-10,13H,4,6,8H2,1-3H3. The highest BCUT2D eigenvalue weighted by molar-refractivity contribution is 5.03. The second-order valence-corrected chi connectivity index (χ2v) is 4.91. The van der Waals surface area contributed by atoms with E-state index in [-0.39, 0.29) is 0 Å². The Bertz CT molecular complexity index is 484. The van der Waals surface area contributed by atoms with Gasteiger partial charge in [0.2, 0.25) is 0 Å². The molecule has 2 rings (SSSR count). The van der Waals surface area contributed by atoms with Gasteiger partial charge in [-0.15, -0.1) is 0 Å². The lowest BCUT2D eigenvalue weighted by Gasteiger charge is -2.04. The van der Waals surface area contributed by atoms with Crippen molar-refractivity contribution in [3.8, 4) is 0 Å². The van der Waals surface area contributed by atoms with E-state index in [0.717, 1.165) is 24.5 Å². The van der Waals surface area contributed by atoms with Gasteiger partial charge in [-0.2, -0.15) is 10.2 Å². The minimum atomic E-state index is 0.641. The van der Waals surface area contributed by atoms with Crippen LogP contribution in [-0.2, 0) is 20.1 Å². The summed E-state index contributed by atoms with van der Waals surface area (Å²) in [5.74, 6) is 1.47. The Morgan fingerprint density at radius 2 is 2.22 bits per heavy atom. The highest BCUT2D eigenvalue weighted by Crippen LogP contribution is 2.00. The van der Waals surface area contributed by atoms with Crippen LogP contribution in [0.25, 0.3) is 0 Å². The lowest BCUT2D eigenvalue weighted by molar-refractivity contribution is 0.539. The number of nitrogens with zero attached hydrogens (tertiary/aromatic N) is 5. The molecule has 0 atom stereocenters. The Morgan fingerprint density at radius 3 is 2.89 bits per heavy atom. The van der Waals surface area contributed by atoms with Crippen LogP contribution >= 0.6 is 0 Å². The van der Waals surface area contributed by atoms with Gasteiger partial charge in [-0.25, -0.2) is 9.67 Å². The van der Waals surface area contributed by atoms with E-state index in [9.17, 15) is 0 Å². The summed E-state index contributed by atoms with van der Waals surface area (Å²) in [7, 11) is 1.91. The predicted octanol–water partition coefficient (Wildman–Crippen LogP) is 0.805. The van der Waals surface area contributed by atoms with Crippen LogP contribution in [-0.4, -0.2) is 31.1 Å². The van der Waals surface area contributed by atoms with E-state index in [1.165, 1.54) is 0 Å². The number of rotatable bonds is 6. The maximum absolute atomic E-state index is 4.42. The molecule has 0 unspecified atom stereocenters. The van der Waals surface area contributed by atoms with E-state index in [0.29, 0.717) is 12.5 Å². The molecule has 0 spiro atoms. The third kappa shape index (κ3) is 3.66. The van der Waals surface area contributed by atoms with Crippen molar-refractivity contribution in [3.63, 3.8) is 0 Å². The van der Waals surface area contributed by atoms with Crippen LogP contribution < -0.4 is 5.32 Å². The van der Waals surface area contributed by atoms with Gasteiger partial charge in [-0.1, -0.05) is 13.8 Å². The summed E-state index contributed by atoms with van der Waals surface area (Å²) in [4.78, 5) is 4.28. The van der Waals surface area contributed by atoms with Crippen LogP contribution in [0.2, 0.25) is 0 Å². The molecule has 0 radical (unpaired) electrons. The summed E-state index contributed by atoms with van der Waals surface area (Å²) in [5, 5.41) is 11.9. The summed E-state index contributed by atoms with van der Waals surface area (Å²) in [5.41, 5.74) is 1.13. The van der Waals surface area contributed by atoms with Gasteiger partial charge in [0.1, 0.15) is 6.33 Å². The van der Waals surface area contributed by atoms with Gasteiger partial charge in [0.05, 0.1) is 19.3 Å². The van der Waals surface area contributed by atoms with E-state index in [2.05, 4.69) is 34.3 Å². The fourth-order valence-corrected chi connectivity index (χ4v) is 1.70. The largest absolute Gasteiger partial charge is 0.310 e. The summed E-state index contributed by atoms with van der Waals surface area (Å²) in [6.07, 6.45) is 5.59. The first kappa shape index (κ1) is 12.8. The maximum Gasteiger partial charge on any atom is 0.164 e. The molecule has 2 aromatic heterocycles. The minimum absolute atomic E-state index is 0.641. The second kappa shape index (κ2) is 5.77. The van der Waals surface area contributed by atoms with Gasteiger partial charge >= 0.3 is 0 Å². The van der Waals surface area contributed by atoms with Crippen LogP contribution in [0.15, 0.2) is 18.7 Å². The molecule has 0 aromatic carbocycles. The predicted molar refractivity (Wildman–Crippen MR) is 68.9 cm³/mol. The lowest BCUT2D eigenvalue weighted by atomic mass is 10.2. The van der Waals surface area contributed by atoms with E-state index in [4.69, 9.17) is 0 Å². The molecule has 6 heteroatoms. The molecule has 0 fully saturated rings. The third-order valence-corrected chi connectivity index (χ3v) is 2.52. The molecule has 2 aromatic rings. The van der Waals surface area contributed by atoms with Gasteiger partial charge in [-0.05, 0) is 12.5 Å². The summed E-state index contributed by atoms with van der Waals surface area (Å²) in [6, 6.07) is 0. The Labute approximate surface area is 107 Å². The smallest absolute Gasteiger partial charge is 0.164 e. The molecule has 18 heavy (non-hydrogen) atoms. The van der Waals surface area contributed by atoms with Crippen molar-refractivity contribution < 1.29 is 0 Å². The van der Waals surface area contributed by atoms with Gasteiger partial charge in [0.15, 0.2) is 5.82 Å². The van der Waals surface area contributed by atoms with Crippen molar-refractivity contribution in [1.82, 2.24) is 29.9 Å². The summed E-state index contributed by atoms with van der Waals surface area (Å²) in [6.45, 7) is 6.78. The Hall–Kier alpha value is -1.69. The Balaban J connectivity index is 1.86. The zero-order chi connectivity index (χ0) is 13.0. The highest BCUT2D eigenvalue weighted by atomic mass is 15.3. The van der Waals surface area contributed by atoms with Crippen molar-refractivity contribution in [2.24, 2.45) is 13.0 Å². The number of aromatic nitrogens is 5. The monoisotopic (exact) mass is 248 g/mol. The normalized spacial score (nSPS) is 11.3. The molecule has 0 amide bonds. The molecule has 0 aliphatic heterocycles. The molecule has 2 heterocycles. The van der Waals surface area contributed by atoms with E-state index >= 15 is 0 Å². The lowest BCUT2D eigenvalue weighted by Crippen LogP contribution is -2.19. The topological polar surface area (TPSA) is 60.6 Å². The first-order valence-electron chi connectivity index (χ1n) is 6.20. The van der Waals surface area contributed by atoms with Crippen molar-refractivity contribution >= 4 is 0 Å². The van der Waals surface area contributed by atoms with Gasteiger partial charge in [0.25, 0.3) is 0 Å². The van der Waals surface area contributed by atoms with Gasteiger partial charge in [0, 0.05) is 18.8 Å². The SMILES string of the molecule is CC(C)CNCc1ncn(Cc2cnn(C)c2)n1. The average molecular weight is 248 g/mol. The zero-order valence-electron chi connectivity index (χ0n) is 11.2. The first-order chi connectivity index (χ1) is 8.63. The van der Waals surface area contributed by atoms with Gasteiger partial charge < -0.3 is 5.32 Å². The van der Waals surface area contributed by atoms with Crippen molar-refractivity contribution in [3.05, 3.63) is 30.1 Å².